The number of aliphatic hydroxyl groups excluding tert-OH is 1. The van der Waals surface area contributed by atoms with Gasteiger partial charge in [0, 0.05) is 13.2 Å². The Morgan fingerprint density at radius 1 is 1.25 bits per heavy atom. The summed E-state index contributed by atoms with van der Waals surface area (Å²) >= 11 is 0. The number of hydrogen-bond donors (Lipinski definition) is 1. The van der Waals surface area contributed by atoms with Crippen LogP contribution in [0.25, 0.3) is 0 Å². The van der Waals surface area contributed by atoms with Crippen molar-refractivity contribution in [3.8, 4) is 5.75 Å². The van der Waals surface area contributed by atoms with E-state index >= 15 is 0 Å². The fourth-order valence-electron chi connectivity index (χ4n) is 2.26. The molecule has 1 atom stereocenters. The zero-order valence-corrected chi connectivity index (χ0v) is 11.9. The molecule has 4 heteroatoms. The molecule has 1 aliphatic rings. The van der Waals surface area contributed by atoms with Gasteiger partial charge in [0.1, 0.15) is 12.4 Å². The Balaban J connectivity index is 1.65. The van der Waals surface area contributed by atoms with Crippen molar-refractivity contribution < 1.29 is 19.3 Å². The van der Waals surface area contributed by atoms with Crippen LogP contribution in [0.2, 0.25) is 0 Å². The SMILES string of the molecule is OCCCc1cccc(OCCOC2CCCCO2)c1. The first-order chi connectivity index (χ1) is 9.88. The van der Waals surface area contributed by atoms with Crippen molar-refractivity contribution in [1.82, 2.24) is 0 Å². The van der Waals surface area contributed by atoms with E-state index in [2.05, 4.69) is 6.07 Å². The van der Waals surface area contributed by atoms with E-state index in [1.54, 1.807) is 0 Å². The lowest BCUT2D eigenvalue weighted by Gasteiger charge is -2.22. The Morgan fingerprint density at radius 3 is 3.00 bits per heavy atom. The molecule has 4 nitrogen and oxygen atoms in total. The third-order valence-electron chi connectivity index (χ3n) is 3.32. The van der Waals surface area contributed by atoms with Crippen LogP contribution in [-0.4, -0.2) is 37.8 Å². The third-order valence-corrected chi connectivity index (χ3v) is 3.32. The van der Waals surface area contributed by atoms with Gasteiger partial charge in [-0.05, 0) is 49.8 Å². The predicted octanol–water partition coefficient (Wildman–Crippen LogP) is 2.53. The van der Waals surface area contributed by atoms with Gasteiger partial charge in [0.15, 0.2) is 6.29 Å². The van der Waals surface area contributed by atoms with Crippen LogP contribution in [0.5, 0.6) is 5.75 Å². The fourth-order valence-corrected chi connectivity index (χ4v) is 2.26. The maximum Gasteiger partial charge on any atom is 0.157 e. The minimum atomic E-state index is -0.0526. The van der Waals surface area contributed by atoms with Gasteiger partial charge in [0.2, 0.25) is 0 Å². The monoisotopic (exact) mass is 280 g/mol. The molecule has 1 aromatic carbocycles. The number of ether oxygens (including phenoxy) is 3. The maximum atomic E-state index is 8.83. The molecule has 0 saturated carbocycles. The van der Waals surface area contributed by atoms with Crippen LogP contribution >= 0.6 is 0 Å². The highest BCUT2D eigenvalue weighted by atomic mass is 16.7. The van der Waals surface area contributed by atoms with Crippen molar-refractivity contribution in [2.24, 2.45) is 0 Å². The van der Waals surface area contributed by atoms with E-state index in [0.29, 0.717) is 13.2 Å². The summed E-state index contributed by atoms with van der Waals surface area (Å²) in [5.74, 6) is 0.855. The topological polar surface area (TPSA) is 47.9 Å². The van der Waals surface area contributed by atoms with E-state index in [1.165, 1.54) is 12.0 Å². The van der Waals surface area contributed by atoms with Gasteiger partial charge in [-0.1, -0.05) is 12.1 Å². The largest absolute Gasteiger partial charge is 0.491 e. The van der Waals surface area contributed by atoms with E-state index in [4.69, 9.17) is 19.3 Å². The molecule has 0 aromatic heterocycles. The normalized spacial score (nSPS) is 18.9. The molecular formula is C16H24O4. The molecular weight excluding hydrogens is 256 g/mol. The molecule has 2 rings (SSSR count). The van der Waals surface area contributed by atoms with Crippen molar-refractivity contribution in [2.75, 3.05) is 26.4 Å². The van der Waals surface area contributed by atoms with Gasteiger partial charge < -0.3 is 19.3 Å². The highest BCUT2D eigenvalue weighted by Crippen LogP contribution is 2.16. The summed E-state index contributed by atoms with van der Waals surface area (Å²) < 4.78 is 16.8. The van der Waals surface area contributed by atoms with E-state index in [9.17, 15) is 0 Å². The highest BCUT2D eigenvalue weighted by Gasteiger charge is 2.13. The van der Waals surface area contributed by atoms with Gasteiger partial charge in [-0.3, -0.25) is 0 Å². The summed E-state index contributed by atoms with van der Waals surface area (Å²) in [6.07, 6.45) is 4.90. The molecule has 1 saturated heterocycles. The second-order valence-corrected chi connectivity index (χ2v) is 4.99. The van der Waals surface area contributed by atoms with Crippen molar-refractivity contribution in [2.45, 2.75) is 38.4 Å². The summed E-state index contributed by atoms with van der Waals surface area (Å²) in [5, 5.41) is 8.83. The van der Waals surface area contributed by atoms with E-state index < -0.39 is 0 Å². The van der Waals surface area contributed by atoms with Gasteiger partial charge in [-0.2, -0.15) is 0 Å². The Labute approximate surface area is 120 Å². The molecule has 0 aliphatic carbocycles. The molecule has 0 spiro atoms. The lowest BCUT2D eigenvalue weighted by Crippen LogP contribution is -2.24. The van der Waals surface area contributed by atoms with Crippen LogP contribution in [0.4, 0.5) is 0 Å². The fraction of sp³-hybridized carbons (Fsp3) is 0.625. The minimum Gasteiger partial charge on any atom is -0.491 e. The standard InChI is InChI=1S/C16H24O4/c17-9-4-6-14-5-3-7-15(13-14)18-11-12-20-16-8-1-2-10-19-16/h3,5,7,13,16-17H,1-2,4,6,8-12H2. The molecule has 1 unspecified atom stereocenters. The number of benzene rings is 1. The summed E-state index contributed by atoms with van der Waals surface area (Å²) in [6.45, 7) is 2.10. The van der Waals surface area contributed by atoms with Crippen molar-refractivity contribution in [3.05, 3.63) is 29.8 Å². The van der Waals surface area contributed by atoms with Gasteiger partial charge in [0.05, 0.1) is 6.61 Å². The minimum absolute atomic E-state index is 0.0526. The first-order valence-electron chi connectivity index (χ1n) is 7.44. The second kappa shape index (κ2) is 8.95. The molecule has 0 radical (unpaired) electrons. The Bertz CT molecular complexity index is 374. The quantitative estimate of drug-likeness (QED) is 0.743. The number of aryl methyl sites for hydroxylation is 1. The van der Waals surface area contributed by atoms with Gasteiger partial charge >= 0.3 is 0 Å². The van der Waals surface area contributed by atoms with E-state index in [-0.39, 0.29) is 12.9 Å². The van der Waals surface area contributed by atoms with Crippen molar-refractivity contribution in [3.63, 3.8) is 0 Å². The summed E-state index contributed by atoms with van der Waals surface area (Å²) in [4.78, 5) is 0. The van der Waals surface area contributed by atoms with Gasteiger partial charge in [-0.15, -0.1) is 0 Å². The second-order valence-electron chi connectivity index (χ2n) is 4.99. The third kappa shape index (κ3) is 5.49. The van der Waals surface area contributed by atoms with Gasteiger partial charge in [0.25, 0.3) is 0 Å². The zero-order valence-electron chi connectivity index (χ0n) is 11.9. The van der Waals surface area contributed by atoms with Crippen LogP contribution < -0.4 is 4.74 Å². The smallest absolute Gasteiger partial charge is 0.157 e. The van der Waals surface area contributed by atoms with Crippen molar-refractivity contribution in [1.29, 1.82) is 0 Å². The Morgan fingerprint density at radius 2 is 2.20 bits per heavy atom. The average molecular weight is 280 g/mol. The van der Waals surface area contributed by atoms with Gasteiger partial charge in [-0.25, -0.2) is 0 Å². The molecule has 0 amide bonds. The van der Waals surface area contributed by atoms with Crippen LogP contribution in [-0.2, 0) is 15.9 Å². The molecule has 1 N–H and O–H groups in total. The molecule has 1 heterocycles. The predicted molar refractivity (Wildman–Crippen MR) is 76.9 cm³/mol. The van der Waals surface area contributed by atoms with Crippen molar-refractivity contribution >= 4 is 0 Å². The van der Waals surface area contributed by atoms with E-state index in [0.717, 1.165) is 38.0 Å². The molecule has 1 aromatic rings. The molecule has 112 valence electrons. The Hall–Kier alpha value is -1.10. The average Bonchev–Trinajstić information content (AvgIpc) is 2.51. The molecule has 0 bridgehead atoms. The highest BCUT2D eigenvalue weighted by molar-refractivity contribution is 5.28. The molecule has 1 fully saturated rings. The number of aliphatic hydroxyl groups is 1. The number of rotatable bonds is 8. The maximum absolute atomic E-state index is 8.83. The number of hydrogen-bond acceptors (Lipinski definition) is 4. The Kier molecular flexibility index (Phi) is 6.84. The van der Waals surface area contributed by atoms with Crippen LogP contribution in [0, 0.1) is 0 Å². The lowest BCUT2D eigenvalue weighted by molar-refractivity contribution is -0.165. The zero-order chi connectivity index (χ0) is 14.0. The van der Waals surface area contributed by atoms with Crippen LogP contribution in [0.3, 0.4) is 0 Å². The summed E-state index contributed by atoms with van der Waals surface area (Å²) in [6, 6.07) is 7.99. The first kappa shape index (κ1) is 15.3. The molecule has 1 aliphatic heterocycles. The first-order valence-corrected chi connectivity index (χ1v) is 7.44. The van der Waals surface area contributed by atoms with Crippen LogP contribution in [0.1, 0.15) is 31.2 Å². The molecule has 20 heavy (non-hydrogen) atoms. The summed E-state index contributed by atoms with van der Waals surface area (Å²) in [7, 11) is 0. The van der Waals surface area contributed by atoms with E-state index in [1.807, 2.05) is 18.2 Å². The van der Waals surface area contributed by atoms with Crippen LogP contribution in [0.15, 0.2) is 24.3 Å². The summed E-state index contributed by atoms with van der Waals surface area (Å²) in [5.41, 5.74) is 1.19. The lowest BCUT2D eigenvalue weighted by atomic mass is 10.1.